The summed E-state index contributed by atoms with van der Waals surface area (Å²) in [6, 6.07) is 1.87. The zero-order valence-electron chi connectivity index (χ0n) is 13.7. The van der Waals surface area contributed by atoms with Crippen molar-refractivity contribution in [2.24, 2.45) is 11.7 Å². The number of nitrogens with zero attached hydrogens (tertiary/aromatic N) is 2. The number of aryl methyl sites for hydroxylation is 1. The maximum atomic E-state index is 12.3. The van der Waals surface area contributed by atoms with Crippen LogP contribution in [-0.4, -0.2) is 52.0 Å². The van der Waals surface area contributed by atoms with E-state index in [-0.39, 0.29) is 28.9 Å². The molecule has 3 N–H and O–H groups in total. The molecule has 0 bridgehead atoms. The topological polar surface area (TPSA) is 101 Å². The number of thioether (sulfide) groups is 1. The zero-order valence-corrected chi connectivity index (χ0v) is 14.6. The SMILES string of the molecule is Cc1cc(NC(=O)C(C)SCC(=O)N2CC(CN)CC2C)no1. The summed E-state index contributed by atoms with van der Waals surface area (Å²) in [5.41, 5.74) is 5.69. The minimum Gasteiger partial charge on any atom is -0.360 e. The monoisotopic (exact) mass is 340 g/mol. The molecular formula is C15H24N4O3S. The van der Waals surface area contributed by atoms with Crippen molar-refractivity contribution in [2.75, 3.05) is 24.2 Å². The first-order valence-electron chi connectivity index (χ1n) is 7.76. The Morgan fingerprint density at radius 3 is 2.91 bits per heavy atom. The summed E-state index contributed by atoms with van der Waals surface area (Å²) in [4.78, 5) is 26.2. The molecule has 2 rings (SSSR count). The number of carbonyl (C=O) groups is 2. The van der Waals surface area contributed by atoms with E-state index >= 15 is 0 Å². The third-order valence-electron chi connectivity index (χ3n) is 4.02. The Balaban J connectivity index is 1.78. The van der Waals surface area contributed by atoms with Crippen LogP contribution in [0, 0.1) is 12.8 Å². The summed E-state index contributed by atoms with van der Waals surface area (Å²) in [7, 11) is 0. The van der Waals surface area contributed by atoms with E-state index in [1.165, 1.54) is 11.8 Å². The predicted molar refractivity (Wildman–Crippen MR) is 90.1 cm³/mol. The molecule has 2 heterocycles. The van der Waals surface area contributed by atoms with Crippen LogP contribution in [0.25, 0.3) is 0 Å². The number of likely N-dealkylation sites (tertiary alicyclic amines) is 1. The second-order valence-corrected chi connectivity index (χ2v) is 7.33. The van der Waals surface area contributed by atoms with E-state index in [0.29, 0.717) is 24.0 Å². The third kappa shape index (κ3) is 4.71. The van der Waals surface area contributed by atoms with Gasteiger partial charge in [0.15, 0.2) is 5.82 Å². The van der Waals surface area contributed by atoms with Gasteiger partial charge in [-0.2, -0.15) is 0 Å². The van der Waals surface area contributed by atoms with Crippen molar-refractivity contribution >= 4 is 29.4 Å². The number of anilines is 1. The van der Waals surface area contributed by atoms with E-state index in [1.54, 1.807) is 19.9 Å². The first kappa shape index (κ1) is 17.8. The van der Waals surface area contributed by atoms with Crippen LogP contribution in [0.1, 0.15) is 26.0 Å². The van der Waals surface area contributed by atoms with Gasteiger partial charge in [-0.1, -0.05) is 5.16 Å². The number of nitrogens with two attached hydrogens (primary N) is 1. The molecule has 1 aromatic rings. The van der Waals surface area contributed by atoms with E-state index in [0.717, 1.165) is 13.0 Å². The molecule has 1 fully saturated rings. The number of hydrogen-bond acceptors (Lipinski definition) is 6. The molecule has 1 saturated heterocycles. The zero-order chi connectivity index (χ0) is 17.0. The highest BCUT2D eigenvalue weighted by Gasteiger charge is 2.31. The number of nitrogens with one attached hydrogen (secondary N) is 1. The smallest absolute Gasteiger partial charge is 0.238 e. The van der Waals surface area contributed by atoms with Crippen LogP contribution in [0.3, 0.4) is 0 Å². The standard InChI is InChI=1S/C15H24N4O3S/c1-9-4-12(6-16)7-19(9)14(20)8-23-11(3)15(21)17-13-5-10(2)22-18-13/h5,9,11-12H,4,6-8,16H2,1-3H3,(H,17,18,21). The van der Waals surface area contributed by atoms with E-state index in [1.807, 2.05) is 11.8 Å². The lowest BCUT2D eigenvalue weighted by molar-refractivity contribution is -0.128. The van der Waals surface area contributed by atoms with Crippen LogP contribution in [-0.2, 0) is 9.59 Å². The fourth-order valence-electron chi connectivity index (χ4n) is 2.67. The summed E-state index contributed by atoms with van der Waals surface area (Å²) in [6.07, 6.45) is 0.953. The molecule has 0 saturated carbocycles. The van der Waals surface area contributed by atoms with Gasteiger partial charge < -0.3 is 20.5 Å². The molecular weight excluding hydrogens is 316 g/mol. The molecule has 7 nitrogen and oxygen atoms in total. The summed E-state index contributed by atoms with van der Waals surface area (Å²) in [5.74, 6) is 1.57. The number of amides is 2. The highest BCUT2D eigenvalue weighted by Crippen LogP contribution is 2.24. The van der Waals surface area contributed by atoms with E-state index < -0.39 is 0 Å². The Kier molecular flexibility index (Phi) is 6.06. The van der Waals surface area contributed by atoms with Gasteiger partial charge in [0.1, 0.15) is 5.76 Å². The lowest BCUT2D eigenvalue weighted by Crippen LogP contribution is -2.36. The van der Waals surface area contributed by atoms with Gasteiger partial charge in [0, 0.05) is 18.7 Å². The normalized spacial score (nSPS) is 22.2. The molecule has 2 amide bonds. The minimum absolute atomic E-state index is 0.0652. The maximum absolute atomic E-state index is 12.3. The summed E-state index contributed by atoms with van der Waals surface area (Å²) >= 11 is 1.32. The van der Waals surface area contributed by atoms with Gasteiger partial charge in [-0.05, 0) is 39.7 Å². The van der Waals surface area contributed by atoms with E-state index in [9.17, 15) is 9.59 Å². The molecule has 1 aliphatic rings. The molecule has 0 radical (unpaired) electrons. The number of rotatable bonds is 6. The average Bonchev–Trinajstić information content (AvgIpc) is 3.09. The van der Waals surface area contributed by atoms with Crippen molar-refractivity contribution in [1.82, 2.24) is 10.1 Å². The fraction of sp³-hybridized carbons (Fsp3) is 0.667. The first-order chi connectivity index (χ1) is 10.9. The number of carbonyl (C=O) groups excluding carboxylic acids is 2. The van der Waals surface area contributed by atoms with Gasteiger partial charge in [0.25, 0.3) is 0 Å². The Bertz CT molecular complexity index is 563. The molecule has 3 unspecified atom stereocenters. The molecule has 128 valence electrons. The highest BCUT2D eigenvalue weighted by molar-refractivity contribution is 8.01. The molecule has 3 atom stereocenters. The maximum Gasteiger partial charge on any atom is 0.238 e. The largest absolute Gasteiger partial charge is 0.360 e. The number of hydrogen-bond donors (Lipinski definition) is 2. The van der Waals surface area contributed by atoms with Crippen molar-refractivity contribution in [3.05, 3.63) is 11.8 Å². The van der Waals surface area contributed by atoms with Crippen LogP contribution < -0.4 is 11.1 Å². The average molecular weight is 340 g/mol. The van der Waals surface area contributed by atoms with Crippen molar-refractivity contribution < 1.29 is 14.1 Å². The van der Waals surface area contributed by atoms with Gasteiger partial charge in [-0.3, -0.25) is 9.59 Å². The Labute approximate surface area is 140 Å². The van der Waals surface area contributed by atoms with Gasteiger partial charge >= 0.3 is 0 Å². The molecule has 1 aliphatic heterocycles. The van der Waals surface area contributed by atoms with E-state index in [4.69, 9.17) is 10.3 Å². The van der Waals surface area contributed by atoms with Crippen molar-refractivity contribution in [3.63, 3.8) is 0 Å². The summed E-state index contributed by atoms with van der Waals surface area (Å²) in [6.45, 7) is 6.90. The Morgan fingerprint density at radius 2 is 2.35 bits per heavy atom. The molecule has 0 spiro atoms. The molecule has 23 heavy (non-hydrogen) atoms. The first-order valence-corrected chi connectivity index (χ1v) is 8.81. The van der Waals surface area contributed by atoms with Crippen LogP contribution in [0.4, 0.5) is 5.82 Å². The predicted octanol–water partition coefficient (Wildman–Crippen LogP) is 1.24. The molecule has 0 aromatic carbocycles. The van der Waals surface area contributed by atoms with Crippen LogP contribution in [0.2, 0.25) is 0 Å². The van der Waals surface area contributed by atoms with Gasteiger partial charge in [-0.25, -0.2) is 0 Å². The Hall–Kier alpha value is -1.54. The Morgan fingerprint density at radius 1 is 1.61 bits per heavy atom. The molecule has 1 aromatic heterocycles. The van der Waals surface area contributed by atoms with E-state index in [2.05, 4.69) is 10.5 Å². The van der Waals surface area contributed by atoms with Crippen LogP contribution in [0.15, 0.2) is 10.6 Å². The quantitative estimate of drug-likeness (QED) is 0.808. The summed E-state index contributed by atoms with van der Waals surface area (Å²) in [5, 5.41) is 6.05. The summed E-state index contributed by atoms with van der Waals surface area (Å²) < 4.78 is 4.90. The van der Waals surface area contributed by atoms with Crippen molar-refractivity contribution in [3.8, 4) is 0 Å². The third-order valence-corrected chi connectivity index (χ3v) is 5.15. The fourth-order valence-corrected chi connectivity index (χ4v) is 3.44. The van der Waals surface area contributed by atoms with Crippen molar-refractivity contribution in [1.29, 1.82) is 0 Å². The lowest BCUT2D eigenvalue weighted by Gasteiger charge is -2.22. The van der Waals surface area contributed by atoms with Gasteiger partial charge in [-0.15, -0.1) is 11.8 Å². The van der Waals surface area contributed by atoms with Gasteiger partial charge in [0.05, 0.1) is 11.0 Å². The van der Waals surface area contributed by atoms with Crippen LogP contribution >= 0.6 is 11.8 Å². The highest BCUT2D eigenvalue weighted by atomic mass is 32.2. The van der Waals surface area contributed by atoms with Crippen molar-refractivity contribution in [2.45, 2.75) is 38.5 Å². The van der Waals surface area contributed by atoms with Gasteiger partial charge in [0.2, 0.25) is 11.8 Å². The lowest BCUT2D eigenvalue weighted by atomic mass is 10.1. The second-order valence-electron chi connectivity index (χ2n) is 6.00. The number of aromatic nitrogens is 1. The second kappa shape index (κ2) is 7.83. The minimum atomic E-state index is -0.348. The molecule has 0 aliphatic carbocycles. The molecule has 8 heteroatoms. The van der Waals surface area contributed by atoms with Crippen LogP contribution in [0.5, 0.6) is 0 Å².